The van der Waals surface area contributed by atoms with Crippen LogP contribution in [0.2, 0.25) is 0 Å². The average Bonchev–Trinajstić information content (AvgIpc) is 3.18. The number of fused-ring (bicyclic) bond motifs is 1. The molecule has 1 aliphatic rings. The first kappa shape index (κ1) is 20.1. The Kier molecular flexibility index (Phi) is 5.41. The van der Waals surface area contributed by atoms with Crippen LogP contribution in [0.15, 0.2) is 84.9 Å². The van der Waals surface area contributed by atoms with Crippen molar-refractivity contribution in [1.29, 1.82) is 0 Å². The molecule has 0 amide bonds. The highest BCUT2D eigenvalue weighted by Gasteiger charge is 2.39. The topological polar surface area (TPSA) is 19.0 Å². The summed E-state index contributed by atoms with van der Waals surface area (Å²) in [7, 11) is 4.49. The fourth-order valence-electron chi connectivity index (χ4n) is 5.69. The van der Waals surface area contributed by atoms with Gasteiger partial charge in [0.05, 0.1) is 0 Å². The summed E-state index contributed by atoms with van der Waals surface area (Å²) < 4.78 is 0. The smallest absolute Gasteiger partial charge is 0.0459 e. The summed E-state index contributed by atoms with van der Waals surface area (Å²) in [6.07, 6.45) is 5.79. The summed E-state index contributed by atoms with van der Waals surface area (Å²) in [5.74, 6) is 0.586. The monoisotopic (exact) mass is 408 g/mol. The molecule has 0 radical (unpaired) electrons. The van der Waals surface area contributed by atoms with Gasteiger partial charge in [-0.05, 0) is 74.9 Å². The van der Waals surface area contributed by atoms with E-state index in [-0.39, 0.29) is 5.54 Å². The van der Waals surface area contributed by atoms with Crippen LogP contribution in [0.3, 0.4) is 0 Å². The van der Waals surface area contributed by atoms with E-state index in [1.165, 1.54) is 59.0 Å². The van der Waals surface area contributed by atoms with Crippen LogP contribution in [0.4, 0.5) is 0 Å². The minimum absolute atomic E-state index is 0.142. The van der Waals surface area contributed by atoms with Gasteiger partial charge in [-0.15, -0.1) is 0 Å². The molecule has 0 spiro atoms. The number of aromatic nitrogens is 1. The van der Waals surface area contributed by atoms with E-state index in [0.717, 1.165) is 6.42 Å². The molecule has 2 nitrogen and oxygen atoms in total. The van der Waals surface area contributed by atoms with Gasteiger partial charge in [0.1, 0.15) is 0 Å². The molecule has 5 rings (SSSR count). The summed E-state index contributed by atoms with van der Waals surface area (Å²) in [6.45, 7) is 0. The predicted octanol–water partition coefficient (Wildman–Crippen LogP) is 6.87. The van der Waals surface area contributed by atoms with Gasteiger partial charge in [-0.25, -0.2) is 0 Å². The molecule has 0 saturated heterocycles. The molecule has 3 aromatic carbocycles. The van der Waals surface area contributed by atoms with Gasteiger partial charge in [0.2, 0.25) is 0 Å². The Balaban J connectivity index is 1.48. The third-order valence-corrected chi connectivity index (χ3v) is 7.46. The third kappa shape index (κ3) is 3.70. The van der Waals surface area contributed by atoms with Crippen molar-refractivity contribution in [1.82, 2.24) is 9.88 Å². The largest absolute Gasteiger partial charge is 0.358 e. The van der Waals surface area contributed by atoms with Gasteiger partial charge in [-0.1, -0.05) is 78.9 Å². The lowest BCUT2D eigenvalue weighted by atomic mass is 9.70. The predicted molar refractivity (Wildman–Crippen MR) is 131 cm³/mol. The van der Waals surface area contributed by atoms with Crippen LogP contribution in [-0.4, -0.2) is 24.0 Å². The van der Waals surface area contributed by atoms with Crippen LogP contribution >= 0.6 is 0 Å². The quantitative estimate of drug-likeness (QED) is 0.382. The first-order valence-electron chi connectivity index (χ1n) is 11.5. The van der Waals surface area contributed by atoms with Crippen molar-refractivity contribution in [3.8, 4) is 0 Å². The molecule has 2 heteroatoms. The van der Waals surface area contributed by atoms with Crippen molar-refractivity contribution in [3.63, 3.8) is 0 Å². The molecule has 158 valence electrons. The van der Waals surface area contributed by atoms with Crippen LogP contribution < -0.4 is 0 Å². The highest BCUT2D eigenvalue weighted by Crippen LogP contribution is 2.47. The molecule has 4 aromatic rings. The van der Waals surface area contributed by atoms with Crippen LogP contribution in [0, 0.1) is 0 Å². The van der Waals surface area contributed by atoms with E-state index in [1.807, 2.05) is 0 Å². The number of hydrogen-bond acceptors (Lipinski definition) is 1. The van der Waals surface area contributed by atoms with E-state index in [9.17, 15) is 0 Å². The Morgan fingerprint density at radius 1 is 0.806 bits per heavy atom. The van der Waals surface area contributed by atoms with Crippen molar-refractivity contribution in [2.45, 2.75) is 43.6 Å². The fraction of sp³-hybridized carbons (Fsp3) is 0.310. The van der Waals surface area contributed by atoms with Crippen LogP contribution in [0.5, 0.6) is 0 Å². The van der Waals surface area contributed by atoms with E-state index < -0.39 is 0 Å². The zero-order valence-electron chi connectivity index (χ0n) is 18.6. The summed E-state index contributed by atoms with van der Waals surface area (Å²) in [5.41, 5.74) is 7.21. The molecule has 0 aliphatic heterocycles. The van der Waals surface area contributed by atoms with Gasteiger partial charge in [0, 0.05) is 22.1 Å². The third-order valence-electron chi connectivity index (χ3n) is 7.46. The van der Waals surface area contributed by atoms with Gasteiger partial charge in [-0.2, -0.15) is 0 Å². The Hall–Kier alpha value is -2.84. The highest BCUT2D eigenvalue weighted by molar-refractivity contribution is 5.85. The fourth-order valence-corrected chi connectivity index (χ4v) is 5.69. The zero-order valence-corrected chi connectivity index (χ0v) is 18.6. The van der Waals surface area contributed by atoms with E-state index >= 15 is 0 Å². The van der Waals surface area contributed by atoms with Crippen molar-refractivity contribution in [3.05, 3.63) is 107 Å². The Morgan fingerprint density at radius 3 is 2.10 bits per heavy atom. The summed E-state index contributed by atoms with van der Waals surface area (Å²) >= 11 is 0. The molecule has 1 aliphatic carbocycles. The van der Waals surface area contributed by atoms with Crippen LogP contribution in [-0.2, 0) is 12.0 Å². The molecule has 1 heterocycles. The molecule has 0 atom stereocenters. The van der Waals surface area contributed by atoms with E-state index in [2.05, 4.69) is 109 Å². The van der Waals surface area contributed by atoms with Crippen molar-refractivity contribution < 1.29 is 0 Å². The first-order valence-corrected chi connectivity index (χ1v) is 11.5. The number of rotatable bonds is 5. The van der Waals surface area contributed by atoms with Gasteiger partial charge in [-0.3, -0.25) is 4.90 Å². The standard InChI is InChI=1S/C29H32N2/c1-31(2)29(24-13-7-4-8-14-24)19-17-23(18-20-29)28-26(21-22-11-5-3-6-12-22)25-15-9-10-16-27(25)30-28/h3-16,23,30H,17-21H2,1-2H3. The second-order valence-electron chi connectivity index (χ2n) is 9.29. The molecule has 0 bridgehead atoms. The maximum Gasteiger partial charge on any atom is 0.0459 e. The van der Waals surface area contributed by atoms with Crippen LogP contribution in [0.25, 0.3) is 10.9 Å². The van der Waals surface area contributed by atoms with Crippen molar-refractivity contribution in [2.24, 2.45) is 0 Å². The minimum atomic E-state index is 0.142. The Labute approximate surface area is 185 Å². The molecule has 0 unspecified atom stereocenters. The molecule has 1 saturated carbocycles. The number of nitrogens with zero attached hydrogens (tertiary/aromatic N) is 1. The number of H-pyrrole nitrogens is 1. The SMILES string of the molecule is CN(C)C1(c2ccccc2)CCC(c2[nH]c3ccccc3c2Cc2ccccc2)CC1. The lowest BCUT2D eigenvalue weighted by Gasteiger charge is -2.45. The molecular formula is C29H32N2. The van der Waals surface area contributed by atoms with Crippen molar-refractivity contribution in [2.75, 3.05) is 14.1 Å². The van der Waals surface area contributed by atoms with E-state index in [0.29, 0.717) is 5.92 Å². The normalized spacial score (nSPS) is 21.6. The molecular weight excluding hydrogens is 376 g/mol. The first-order chi connectivity index (χ1) is 15.2. The molecule has 1 aromatic heterocycles. The Bertz CT molecular complexity index is 1130. The lowest BCUT2D eigenvalue weighted by molar-refractivity contribution is 0.0904. The lowest BCUT2D eigenvalue weighted by Crippen LogP contribution is -2.44. The number of hydrogen-bond donors (Lipinski definition) is 1. The zero-order chi connectivity index (χ0) is 21.3. The van der Waals surface area contributed by atoms with E-state index in [1.54, 1.807) is 0 Å². The second kappa shape index (κ2) is 8.36. The number of para-hydroxylation sites is 1. The maximum atomic E-state index is 3.84. The minimum Gasteiger partial charge on any atom is -0.358 e. The average molecular weight is 409 g/mol. The number of benzene rings is 3. The maximum absolute atomic E-state index is 3.84. The van der Waals surface area contributed by atoms with Crippen molar-refractivity contribution >= 4 is 10.9 Å². The highest BCUT2D eigenvalue weighted by atomic mass is 15.1. The summed E-state index contributed by atoms with van der Waals surface area (Å²) in [5, 5.41) is 1.38. The van der Waals surface area contributed by atoms with E-state index in [4.69, 9.17) is 0 Å². The van der Waals surface area contributed by atoms with Gasteiger partial charge in [0.15, 0.2) is 0 Å². The second-order valence-corrected chi connectivity index (χ2v) is 9.29. The van der Waals surface area contributed by atoms with Gasteiger partial charge < -0.3 is 4.98 Å². The number of aromatic amines is 1. The molecule has 31 heavy (non-hydrogen) atoms. The summed E-state index contributed by atoms with van der Waals surface area (Å²) in [4.78, 5) is 6.29. The molecule has 1 fully saturated rings. The van der Waals surface area contributed by atoms with Crippen LogP contribution in [0.1, 0.15) is 54.0 Å². The Morgan fingerprint density at radius 2 is 1.42 bits per heavy atom. The number of nitrogens with one attached hydrogen (secondary N) is 1. The molecule has 1 N–H and O–H groups in total. The summed E-state index contributed by atoms with van der Waals surface area (Å²) in [6, 6.07) is 30.8. The van der Waals surface area contributed by atoms with Gasteiger partial charge >= 0.3 is 0 Å². The van der Waals surface area contributed by atoms with Gasteiger partial charge in [0.25, 0.3) is 0 Å².